The lowest BCUT2D eigenvalue weighted by Crippen LogP contribution is -2.24. The van der Waals surface area contributed by atoms with Crippen LogP contribution in [0.2, 0.25) is 10.0 Å². The van der Waals surface area contributed by atoms with E-state index in [9.17, 15) is 9.59 Å². The number of rotatable bonds is 11. The van der Waals surface area contributed by atoms with Crippen LogP contribution >= 0.6 is 23.2 Å². The van der Waals surface area contributed by atoms with Gasteiger partial charge < -0.3 is 19.9 Å². The molecular formula is C25H31Cl2N3O3. The molecule has 33 heavy (non-hydrogen) atoms. The number of nitrogens with zero attached hydrogens (tertiary/aromatic N) is 1. The van der Waals surface area contributed by atoms with Crippen LogP contribution in [0.3, 0.4) is 0 Å². The number of aromatic amines is 1. The first-order valence-corrected chi connectivity index (χ1v) is 12.2. The molecule has 0 bridgehead atoms. The van der Waals surface area contributed by atoms with Crippen molar-refractivity contribution in [3.8, 4) is 5.75 Å². The molecule has 1 aliphatic rings. The maximum atomic E-state index is 12.1. The fraction of sp³-hybridized carbons (Fsp3) is 0.440. The molecule has 2 aromatic rings. The number of nitrogens with one attached hydrogen (secondary N) is 2. The van der Waals surface area contributed by atoms with Gasteiger partial charge in [-0.25, -0.2) is 0 Å². The number of unbranched alkanes of at least 4 members (excludes halogenated alkanes) is 1. The van der Waals surface area contributed by atoms with E-state index in [1.165, 1.54) is 0 Å². The van der Waals surface area contributed by atoms with Crippen molar-refractivity contribution in [2.75, 3.05) is 26.2 Å². The molecule has 178 valence electrons. The Morgan fingerprint density at radius 2 is 1.91 bits per heavy atom. The van der Waals surface area contributed by atoms with Crippen LogP contribution in [0, 0.1) is 0 Å². The number of aromatic nitrogens is 1. The van der Waals surface area contributed by atoms with Gasteiger partial charge >= 0.3 is 0 Å². The number of hydrogen-bond acceptors (Lipinski definition) is 4. The van der Waals surface area contributed by atoms with E-state index in [0.717, 1.165) is 43.6 Å². The van der Waals surface area contributed by atoms with Crippen molar-refractivity contribution < 1.29 is 9.53 Å². The molecule has 8 heteroatoms. The molecule has 1 amide bonds. The molecule has 1 atom stereocenters. The summed E-state index contributed by atoms with van der Waals surface area (Å²) in [6.45, 7) is 8.12. The second-order valence-electron chi connectivity index (χ2n) is 8.07. The second kappa shape index (κ2) is 12.3. The normalized spacial score (nSPS) is 16.3. The van der Waals surface area contributed by atoms with E-state index in [1.807, 2.05) is 24.3 Å². The Labute approximate surface area is 204 Å². The van der Waals surface area contributed by atoms with Crippen molar-refractivity contribution in [1.29, 1.82) is 0 Å². The highest BCUT2D eigenvalue weighted by Gasteiger charge is 2.21. The Kier molecular flexibility index (Phi) is 9.41. The first-order chi connectivity index (χ1) is 15.9. The molecule has 0 saturated carbocycles. The monoisotopic (exact) mass is 491 g/mol. The van der Waals surface area contributed by atoms with E-state index in [4.69, 9.17) is 27.9 Å². The minimum absolute atomic E-state index is 0.0166. The number of halogens is 2. The third-order valence-corrected chi connectivity index (χ3v) is 6.40. The number of ether oxygens (including phenoxy) is 1. The van der Waals surface area contributed by atoms with Gasteiger partial charge in [-0.3, -0.25) is 9.59 Å². The Balaban J connectivity index is 1.75. The number of carbonyl (C=O) groups is 1. The molecule has 0 radical (unpaired) electrons. The third kappa shape index (κ3) is 7.10. The summed E-state index contributed by atoms with van der Waals surface area (Å²) >= 11 is 12.5. The lowest BCUT2D eigenvalue weighted by atomic mass is 9.99. The Hall–Kier alpha value is -2.28. The van der Waals surface area contributed by atoms with E-state index in [2.05, 4.69) is 29.0 Å². The number of benzene rings is 1. The summed E-state index contributed by atoms with van der Waals surface area (Å²) in [6.07, 6.45) is 5.15. The smallest absolute Gasteiger partial charge is 0.267 e. The molecule has 3 rings (SSSR count). The maximum absolute atomic E-state index is 12.1. The summed E-state index contributed by atoms with van der Waals surface area (Å²) in [5.74, 6) is 0.643. The van der Waals surface area contributed by atoms with Crippen LogP contribution < -0.4 is 15.6 Å². The third-order valence-electron chi connectivity index (χ3n) is 5.81. The SMILES string of the molecule is CCN(CC)CCCCOc1ccc(C(=C[C@H]2CCC(=O)N2)c2ccc(Cl)c(=O)[nH]2)cc1Cl. The molecule has 1 aliphatic heterocycles. The lowest BCUT2D eigenvalue weighted by molar-refractivity contribution is -0.119. The van der Waals surface area contributed by atoms with Gasteiger partial charge in [-0.05, 0) is 68.7 Å². The number of pyridine rings is 1. The average Bonchev–Trinajstić information content (AvgIpc) is 3.22. The molecule has 0 spiro atoms. The summed E-state index contributed by atoms with van der Waals surface area (Å²) in [5, 5.41) is 3.55. The summed E-state index contributed by atoms with van der Waals surface area (Å²) < 4.78 is 5.91. The van der Waals surface area contributed by atoms with Crippen LogP contribution in [0.5, 0.6) is 5.75 Å². The number of hydrogen-bond donors (Lipinski definition) is 2. The van der Waals surface area contributed by atoms with E-state index in [-0.39, 0.29) is 22.5 Å². The average molecular weight is 492 g/mol. The standard InChI is InChI=1S/C25H31Cl2N3O3/c1-3-30(4-2)13-5-6-14-33-23-11-7-17(15-21(23)27)19(16-18-8-12-24(31)28-18)22-10-9-20(26)25(32)29-22/h7,9-11,15-16,18H,3-6,8,12-14H2,1-2H3,(H,28,31)(H,29,32)/t18-/m1/s1. The van der Waals surface area contributed by atoms with Crippen LogP contribution in [0.1, 0.15) is 50.8 Å². The predicted octanol–water partition coefficient (Wildman–Crippen LogP) is 4.89. The predicted molar refractivity (Wildman–Crippen MR) is 134 cm³/mol. The minimum Gasteiger partial charge on any atom is -0.492 e. The fourth-order valence-corrected chi connectivity index (χ4v) is 4.21. The van der Waals surface area contributed by atoms with E-state index in [0.29, 0.717) is 35.9 Å². The Morgan fingerprint density at radius 3 is 2.55 bits per heavy atom. The topological polar surface area (TPSA) is 74.4 Å². The first kappa shape index (κ1) is 25.3. The molecule has 1 aromatic heterocycles. The van der Waals surface area contributed by atoms with E-state index >= 15 is 0 Å². The van der Waals surface area contributed by atoms with E-state index < -0.39 is 0 Å². The van der Waals surface area contributed by atoms with Crippen LogP contribution in [-0.4, -0.2) is 48.1 Å². The van der Waals surface area contributed by atoms with E-state index in [1.54, 1.807) is 12.1 Å². The molecule has 6 nitrogen and oxygen atoms in total. The summed E-state index contributed by atoms with van der Waals surface area (Å²) in [7, 11) is 0. The van der Waals surface area contributed by atoms with Gasteiger partial charge in [0.05, 0.1) is 11.6 Å². The largest absolute Gasteiger partial charge is 0.492 e. The zero-order chi connectivity index (χ0) is 23.8. The highest BCUT2D eigenvalue weighted by molar-refractivity contribution is 6.32. The minimum atomic E-state index is -0.369. The Bertz CT molecular complexity index is 1050. The molecule has 1 aromatic carbocycles. The quantitative estimate of drug-likeness (QED) is 0.438. The van der Waals surface area contributed by atoms with Gasteiger partial charge in [-0.2, -0.15) is 0 Å². The molecule has 2 N–H and O–H groups in total. The zero-order valence-corrected chi connectivity index (χ0v) is 20.6. The van der Waals surface area contributed by atoms with Crippen molar-refractivity contribution in [2.45, 2.75) is 45.6 Å². The van der Waals surface area contributed by atoms with Crippen molar-refractivity contribution in [1.82, 2.24) is 15.2 Å². The summed E-state index contributed by atoms with van der Waals surface area (Å²) in [5.41, 5.74) is 1.81. The number of carbonyl (C=O) groups excluding carboxylic acids is 1. The highest BCUT2D eigenvalue weighted by atomic mass is 35.5. The van der Waals surface area contributed by atoms with Gasteiger partial charge in [-0.15, -0.1) is 0 Å². The molecule has 0 aliphatic carbocycles. The summed E-state index contributed by atoms with van der Waals surface area (Å²) in [6, 6.07) is 8.77. The first-order valence-electron chi connectivity index (χ1n) is 11.5. The molecule has 2 heterocycles. The van der Waals surface area contributed by atoms with Crippen LogP contribution in [0.15, 0.2) is 41.2 Å². The van der Waals surface area contributed by atoms with Gasteiger partial charge in [-0.1, -0.05) is 49.2 Å². The zero-order valence-electron chi connectivity index (χ0n) is 19.1. The molecule has 0 unspecified atom stereocenters. The van der Waals surface area contributed by atoms with Gasteiger partial charge in [0.15, 0.2) is 0 Å². The molecular weight excluding hydrogens is 461 g/mol. The van der Waals surface area contributed by atoms with Gasteiger partial charge in [0, 0.05) is 23.7 Å². The second-order valence-corrected chi connectivity index (χ2v) is 8.88. The van der Waals surface area contributed by atoms with Crippen LogP contribution in [-0.2, 0) is 4.79 Å². The van der Waals surface area contributed by atoms with Gasteiger partial charge in [0.25, 0.3) is 5.56 Å². The van der Waals surface area contributed by atoms with Gasteiger partial charge in [0.1, 0.15) is 10.8 Å². The van der Waals surface area contributed by atoms with Crippen molar-refractivity contribution in [3.05, 3.63) is 68.1 Å². The van der Waals surface area contributed by atoms with Crippen LogP contribution in [0.4, 0.5) is 0 Å². The fourth-order valence-electron chi connectivity index (χ4n) is 3.86. The number of H-pyrrole nitrogens is 1. The highest BCUT2D eigenvalue weighted by Crippen LogP contribution is 2.31. The van der Waals surface area contributed by atoms with Crippen molar-refractivity contribution >= 4 is 34.7 Å². The van der Waals surface area contributed by atoms with Gasteiger partial charge in [0.2, 0.25) is 5.91 Å². The summed E-state index contributed by atoms with van der Waals surface area (Å²) in [4.78, 5) is 29.0. The number of amides is 1. The molecule has 1 saturated heterocycles. The molecule has 1 fully saturated rings. The van der Waals surface area contributed by atoms with Crippen molar-refractivity contribution in [2.24, 2.45) is 0 Å². The van der Waals surface area contributed by atoms with Crippen LogP contribution in [0.25, 0.3) is 5.57 Å². The maximum Gasteiger partial charge on any atom is 0.267 e. The lowest BCUT2D eigenvalue weighted by Gasteiger charge is -2.17. The van der Waals surface area contributed by atoms with Crippen molar-refractivity contribution in [3.63, 3.8) is 0 Å². The Morgan fingerprint density at radius 1 is 1.12 bits per heavy atom.